The Bertz CT molecular complexity index is 883. The zero-order chi connectivity index (χ0) is 19.2. The molecule has 0 bridgehead atoms. The minimum atomic E-state index is -1.63. The Morgan fingerprint density at radius 1 is 0.815 bits per heavy atom. The average molecular weight is 385 g/mol. The summed E-state index contributed by atoms with van der Waals surface area (Å²) in [5.74, 6) is -1.46. The number of benzene rings is 3. The molecule has 0 aliphatic carbocycles. The average Bonchev–Trinajstić information content (AvgIpc) is 2.66. The first-order valence-corrected chi connectivity index (χ1v) is 9.64. The predicted molar refractivity (Wildman–Crippen MR) is 103 cm³/mol. The Balaban J connectivity index is 1.83. The largest absolute Gasteiger partial charge is 0.325 e. The maximum atomic E-state index is 13.3. The molecule has 0 aromatic heterocycles. The number of halogens is 2. The molecule has 0 saturated heterocycles. The van der Waals surface area contributed by atoms with Gasteiger partial charge in [0.2, 0.25) is 5.91 Å². The summed E-state index contributed by atoms with van der Waals surface area (Å²) >= 11 is 0. The highest BCUT2D eigenvalue weighted by Crippen LogP contribution is 2.29. The number of amides is 1. The molecule has 1 unspecified atom stereocenters. The number of carbonyl (C=O) groups is 1. The van der Waals surface area contributed by atoms with E-state index in [-0.39, 0.29) is 5.75 Å². The van der Waals surface area contributed by atoms with Gasteiger partial charge in [-0.3, -0.25) is 9.00 Å². The van der Waals surface area contributed by atoms with Gasteiger partial charge in [0.15, 0.2) is 0 Å². The van der Waals surface area contributed by atoms with E-state index in [9.17, 15) is 17.8 Å². The van der Waals surface area contributed by atoms with Crippen molar-refractivity contribution in [2.75, 3.05) is 11.1 Å². The van der Waals surface area contributed by atoms with Crippen molar-refractivity contribution in [2.24, 2.45) is 0 Å². The summed E-state index contributed by atoms with van der Waals surface area (Å²) in [5.41, 5.74) is 1.79. The van der Waals surface area contributed by atoms with E-state index in [1.807, 2.05) is 6.07 Å². The van der Waals surface area contributed by atoms with E-state index in [1.165, 1.54) is 48.5 Å². The molecule has 1 amide bonds. The van der Waals surface area contributed by atoms with Crippen molar-refractivity contribution in [3.63, 3.8) is 0 Å². The highest BCUT2D eigenvalue weighted by molar-refractivity contribution is 7.86. The van der Waals surface area contributed by atoms with E-state index in [0.29, 0.717) is 16.8 Å². The fourth-order valence-corrected chi connectivity index (χ4v) is 4.12. The lowest BCUT2D eigenvalue weighted by molar-refractivity contribution is -0.113. The molecule has 0 spiro atoms. The van der Waals surface area contributed by atoms with Crippen molar-refractivity contribution in [3.8, 4) is 0 Å². The van der Waals surface area contributed by atoms with Gasteiger partial charge in [0.1, 0.15) is 17.4 Å². The molecule has 138 valence electrons. The van der Waals surface area contributed by atoms with Gasteiger partial charge < -0.3 is 5.32 Å². The maximum Gasteiger partial charge on any atom is 0.237 e. The normalized spacial score (nSPS) is 12.0. The molecule has 6 heteroatoms. The van der Waals surface area contributed by atoms with Crippen LogP contribution < -0.4 is 5.32 Å². The van der Waals surface area contributed by atoms with Gasteiger partial charge in [0, 0.05) is 16.5 Å². The minimum Gasteiger partial charge on any atom is -0.325 e. The lowest BCUT2D eigenvalue weighted by Gasteiger charge is -2.18. The standard InChI is InChI=1S/C21H17F2NO2S/c22-17-10-6-15(7-11-17)21(16-8-12-18(23)13-9-16)27(26)14-20(25)24-19-4-2-1-3-5-19/h1-13,21H,14H2,(H,24,25). The molecule has 27 heavy (non-hydrogen) atoms. The molecule has 0 radical (unpaired) electrons. The number of carbonyl (C=O) groups excluding carboxylic acids is 1. The first kappa shape index (κ1) is 18.9. The van der Waals surface area contributed by atoms with Crippen LogP contribution in [0.3, 0.4) is 0 Å². The molecular weight excluding hydrogens is 368 g/mol. The maximum absolute atomic E-state index is 13.3. The van der Waals surface area contributed by atoms with Crippen molar-refractivity contribution in [1.29, 1.82) is 0 Å². The van der Waals surface area contributed by atoms with E-state index in [0.717, 1.165) is 0 Å². The third kappa shape index (κ3) is 5.08. The summed E-state index contributed by atoms with van der Waals surface area (Å²) in [4.78, 5) is 12.3. The number of hydrogen-bond acceptors (Lipinski definition) is 2. The van der Waals surface area contributed by atoms with Gasteiger partial charge in [-0.05, 0) is 47.5 Å². The topological polar surface area (TPSA) is 46.2 Å². The van der Waals surface area contributed by atoms with Gasteiger partial charge in [0.05, 0.1) is 5.25 Å². The lowest BCUT2D eigenvalue weighted by atomic mass is 10.0. The molecule has 3 aromatic rings. The van der Waals surface area contributed by atoms with Crippen molar-refractivity contribution < 1.29 is 17.8 Å². The van der Waals surface area contributed by atoms with Crippen LogP contribution in [-0.2, 0) is 15.6 Å². The van der Waals surface area contributed by atoms with Gasteiger partial charge in [-0.2, -0.15) is 0 Å². The number of nitrogens with one attached hydrogen (secondary N) is 1. The van der Waals surface area contributed by atoms with Crippen molar-refractivity contribution in [2.45, 2.75) is 5.25 Å². The summed E-state index contributed by atoms with van der Waals surface area (Å²) in [6.07, 6.45) is 0. The van der Waals surface area contributed by atoms with Crippen LogP contribution >= 0.6 is 0 Å². The van der Waals surface area contributed by atoms with Crippen LogP contribution in [0.5, 0.6) is 0 Å². The molecule has 0 aliphatic heterocycles. The highest BCUT2D eigenvalue weighted by atomic mass is 32.2. The number of rotatable bonds is 6. The highest BCUT2D eigenvalue weighted by Gasteiger charge is 2.23. The molecule has 0 fully saturated rings. The number of hydrogen-bond donors (Lipinski definition) is 1. The Morgan fingerprint density at radius 3 is 1.78 bits per heavy atom. The van der Waals surface area contributed by atoms with Crippen molar-refractivity contribution in [1.82, 2.24) is 0 Å². The smallest absolute Gasteiger partial charge is 0.237 e. The molecule has 1 atom stereocenters. The molecule has 3 rings (SSSR count). The van der Waals surface area contributed by atoms with Crippen LogP contribution in [0.4, 0.5) is 14.5 Å². The van der Waals surface area contributed by atoms with Gasteiger partial charge in [-0.25, -0.2) is 8.78 Å². The Hall–Kier alpha value is -2.86. The van der Waals surface area contributed by atoms with E-state index < -0.39 is 33.6 Å². The number of para-hydroxylation sites is 1. The van der Waals surface area contributed by atoms with E-state index in [2.05, 4.69) is 5.32 Å². The van der Waals surface area contributed by atoms with Gasteiger partial charge >= 0.3 is 0 Å². The molecule has 0 aliphatic rings. The third-order valence-corrected chi connectivity index (χ3v) is 5.56. The molecule has 3 nitrogen and oxygen atoms in total. The van der Waals surface area contributed by atoms with Gasteiger partial charge in [-0.15, -0.1) is 0 Å². The number of anilines is 1. The monoisotopic (exact) mass is 385 g/mol. The first-order chi connectivity index (χ1) is 13.0. The van der Waals surface area contributed by atoms with Crippen LogP contribution in [0.15, 0.2) is 78.9 Å². The summed E-state index contributed by atoms with van der Waals surface area (Å²) < 4.78 is 39.5. The van der Waals surface area contributed by atoms with Crippen molar-refractivity contribution >= 4 is 22.4 Å². The van der Waals surface area contributed by atoms with E-state index >= 15 is 0 Å². The Labute approximate surface area is 158 Å². The SMILES string of the molecule is O=C(CS(=O)C(c1ccc(F)cc1)c1ccc(F)cc1)Nc1ccccc1. The molecule has 0 saturated carbocycles. The molecule has 1 N–H and O–H groups in total. The van der Waals surface area contributed by atoms with E-state index in [1.54, 1.807) is 24.3 Å². The van der Waals surface area contributed by atoms with Crippen molar-refractivity contribution in [3.05, 3.63) is 102 Å². The summed E-state index contributed by atoms with van der Waals surface area (Å²) in [7, 11) is -1.63. The second-order valence-electron chi connectivity index (χ2n) is 5.92. The lowest BCUT2D eigenvalue weighted by Crippen LogP contribution is -2.23. The summed E-state index contributed by atoms with van der Waals surface area (Å²) in [5, 5.41) is 2.02. The first-order valence-electron chi connectivity index (χ1n) is 8.26. The van der Waals surface area contributed by atoms with E-state index in [4.69, 9.17) is 0 Å². The molecular formula is C21H17F2NO2S. The summed E-state index contributed by atoms with van der Waals surface area (Å²) in [6.45, 7) is 0. The Kier molecular flexibility index (Phi) is 6.08. The van der Waals surface area contributed by atoms with Gasteiger partial charge in [-0.1, -0.05) is 42.5 Å². The molecule has 3 aromatic carbocycles. The minimum absolute atomic E-state index is 0.242. The second-order valence-corrected chi connectivity index (χ2v) is 7.44. The molecule has 0 heterocycles. The fourth-order valence-electron chi connectivity index (χ4n) is 2.70. The van der Waals surface area contributed by atoms with Crippen LogP contribution in [0.25, 0.3) is 0 Å². The van der Waals surface area contributed by atoms with Crippen LogP contribution in [0.2, 0.25) is 0 Å². The summed E-state index contributed by atoms with van der Waals surface area (Å²) in [6, 6.07) is 20.0. The van der Waals surface area contributed by atoms with Crippen LogP contribution in [-0.4, -0.2) is 15.9 Å². The Morgan fingerprint density at radius 2 is 1.30 bits per heavy atom. The van der Waals surface area contributed by atoms with Crippen LogP contribution in [0.1, 0.15) is 16.4 Å². The third-order valence-electron chi connectivity index (χ3n) is 3.94. The van der Waals surface area contributed by atoms with Gasteiger partial charge in [0.25, 0.3) is 0 Å². The zero-order valence-corrected chi connectivity index (χ0v) is 15.1. The fraction of sp³-hybridized carbons (Fsp3) is 0.0952. The van der Waals surface area contributed by atoms with Crippen LogP contribution in [0, 0.1) is 11.6 Å². The second kappa shape index (κ2) is 8.68. The predicted octanol–water partition coefficient (Wildman–Crippen LogP) is 4.44. The zero-order valence-electron chi connectivity index (χ0n) is 14.3. The quantitative estimate of drug-likeness (QED) is 0.682.